The predicted molar refractivity (Wildman–Crippen MR) is 71.6 cm³/mol. The van der Waals surface area contributed by atoms with Crippen LogP contribution in [0.25, 0.3) is 0 Å². The van der Waals surface area contributed by atoms with Crippen LogP contribution >= 0.6 is 0 Å². The van der Waals surface area contributed by atoms with Crippen LogP contribution in [0.4, 0.5) is 0 Å². The zero-order valence-electron chi connectivity index (χ0n) is 10.7. The molecule has 17 heavy (non-hydrogen) atoms. The highest BCUT2D eigenvalue weighted by atomic mass is 16.3. The van der Waals surface area contributed by atoms with Gasteiger partial charge in [-0.15, -0.1) is 0 Å². The summed E-state index contributed by atoms with van der Waals surface area (Å²) in [6, 6.07) is 8.27. The van der Waals surface area contributed by atoms with E-state index >= 15 is 0 Å². The predicted octanol–water partition coefficient (Wildman–Crippen LogP) is 1.74. The van der Waals surface area contributed by atoms with Crippen molar-refractivity contribution in [3.63, 3.8) is 0 Å². The summed E-state index contributed by atoms with van der Waals surface area (Å²) in [5, 5.41) is 9.07. The summed E-state index contributed by atoms with van der Waals surface area (Å²) in [4.78, 5) is 2.29. The molecule has 0 spiro atoms. The summed E-state index contributed by atoms with van der Waals surface area (Å²) in [6.45, 7) is 5.64. The van der Waals surface area contributed by atoms with Crippen LogP contribution in [0.3, 0.4) is 0 Å². The molecule has 0 heterocycles. The molecule has 1 rings (SSSR count). The van der Waals surface area contributed by atoms with E-state index in [4.69, 9.17) is 10.8 Å². The molecule has 0 unspecified atom stereocenters. The molecular formula is C14H24N2O. The fourth-order valence-corrected chi connectivity index (χ4v) is 1.94. The summed E-state index contributed by atoms with van der Waals surface area (Å²) in [7, 11) is 0. The van der Waals surface area contributed by atoms with Gasteiger partial charge >= 0.3 is 0 Å². The number of unbranched alkanes of at least 4 members (excludes halogenated alkanes) is 1. The van der Waals surface area contributed by atoms with Crippen molar-refractivity contribution in [2.45, 2.75) is 32.9 Å². The number of nitrogens with zero attached hydrogens (tertiary/aromatic N) is 1. The van der Waals surface area contributed by atoms with Gasteiger partial charge in [0, 0.05) is 19.6 Å². The van der Waals surface area contributed by atoms with Crippen LogP contribution in [0.5, 0.6) is 0 Å². The second-order valence-corrected chi connectivity index (χ2v) is 4.33. The van der Waals surface area contributed by atoms with Crippen LogP contribution < -0.4 is 5.73 Å². The van der Waals surface area contributed by atoms with Gasteiger partial charge in [0.15, 0.2) is 0 Å². The van der Waals surface area contributed by atoms with E-state index in [1.807, 2.05) is 12.1 Å². The number of hydrogen-bond donors (Lipinski definition) is 2. The van der Waals surface area contributed by atoms with E-state index in [0.29, 0.717) is 6.54 Å². The third kappa shape index (κ3) is 4.86. The molecule has 3 N–H and O–H groups in total. The number of nitrogens with two attached hydrogens (primary N) is 1. The van der Waals surface area contributed by atoms with Gasteiger partial charge in [-0.3, -0.25) is 4.90 Å². The van der Waals surface area contributed by atoms with E-state index in [2.05, 4.69) is 24.0 Å². The van der Waals surface area contributed by atoms with E-state index in [1.54, 1.807) is 0 Å². The lowest BCUT2D eigenvalue weighted by atomic mass is 10.1. The molecular weight excluding hydrogens is 212 g/mol. The highest BCUT2D eigenvalue weighted by Crippen LogP contribution is 2.11. The Balaban J connectivity index is 2.63. The van der Waals surface area contributed by atoms with E-state index in [-0.39, 0.29) is 6.61 Å². The Labute approximate surface area is 104 Å². The van der Waals surface area contributed by atoms with Gasteiger partial charge in [-0.2, -0.15) is 0 Å². The molecule has 0 radical (unpaired) electrons. The minimum Gasteiger partial charge on any atom is -0.395 e. The first-order valence-corrected chi connectivity index (χ1v) is 6.41. The zero-order chi connectivity index (χ0) is 12.5. The standard InChI is InChI=1S/C14H24N2O/c1-2-3-8-16(9-10-17)12-14-7-5-4-6-13(14)11-15/h4-7,17H,2-3,8-12,15H2,1H3. The second-order valence-electron chi connectivity index (χ2n) is 4.33. The van der Waals surface area contributed by atoms with Gasteiger partial charge in [0.25, 0.3) is 0 Å². The molecule has 0 aliphatic carbocycles. The normalized spacial score (nSPS) is 11.1. The van der Waals surface area contributed by atoms with E-state index < -0.39 is 0 Å². The molecule has 1 aromatic rings. The first-order valence-electron chi connectivity index (χ1n) is 6.41. The topological polar surface area (TPSA) is 49.5 Å². The highest BCUT2D eigenvalue weighted by Gasteiger charge is 2.07. The van der Waals surface area contributed by atoms with Crippen LogP contribution in [-0.4, -0.2) is 29.7 Å². The lowest BCUT2D eigenvalue weighted by Gasteiger charge is -2.22. The van der Waals surface area contributed by atoms with Crippen molar-refractivity contribution in [1.29, 1.82) is 0 Å². The van der Waals surface area contributed by atoms with Crippen LogP contribution in [-0.2, 0) is 13.1 Å². The fourth-order valence-electron chi connectivity index (χ4n) is 1.94. The Morgan fingerprint density at radius 3 is 2.47 bits per heavy atom. The van der Waals surface area contributed by atoms with Gasteiger partial charge in [-0.25, -0.2) is 0 Å². The van der Waals surface area contributed by atoms with Crippen molar-refractivity contribution in [2.75, 3.05) is 19.7 Å². The van der Waals surface area contributed by atoms with Crippen LogP contribution in [0, 0.1) is 0 Å². The maximum Gasteiger partial charge on any atom is 0.0558 e. The summed E-state index contributed by atoms with van der Waals surface area (Å²) < 4.78 is 0. The van der Waals surface area contributed by atoms with Crippen LogP contribution in [0.1, 0.15) is 30.9 Å². The molecule has 3 heteroatoms. The number of hydrogen-bond acceptors (Lipinski definition) is 3. The van der Waals surface area contributed by atoms with Gasteiger partial charge < -0.3 is 10.8 Å². The molecule has 0 amide bonds. The van der Waals surface area contributed by atoms with Gasteiger partial charge in [0.05, 0.1) is 6.61 Å². The first-order chi connectivity index (χ1) is 8.31. The van der Waals surface area contributed by atoms with Crippen molar-refractivity contribution in [3.05, 3.63) is 35.4 Å². The average Bonchev–Trinajstić information content (AvgIpc) is 2.37. The SMILES string of the molecule is CCCCN(CCO)Cc1ccccc1CN. The third-order valence-corrected chi connectivity index (χ3v) is 2.98. The molecule has 0 saturated carbocycles. The molecule has 3 nitrogen and oxygen atoms in total. The summed E-state index contributed by atoms with van der Waals surface area (Å²) in [6.07, 6.45) is 2.35. The quantitative estimate of drug-likeness (QED) is 0.723. The van der Waals surface area contributed by atoms with Crippen molar-refractivity contribution in [3.8, 4) is 0 Å². The summed E-state index contributed by atoms with van der Waals surface area (Å²) in [5.41, 5.74) is 8.21. The van der Waals surface area contributed by atoms with Crippen LogP contribution in [0.2, 0.25) is 0 Å². The molecule has 0 fully saturated rings. The Bertz CT molecular complexity index is 315. The number of aliphatic hydroxyl groups excluding tert-OH is 1. The maximum atomic E-state index is 9.07. The molecule has 0 aromatic heterocycles. The van der Waals surface area contributed by atoms with Crippen molar-refractivity contribution >= 4 is 0 Å². The average molecular weight is 236 g/mol. The first kappa shape index (κ1) is 14.2. The Kier molecular flexibility index (Phi) is 6.86. The Morgan fingerprint density at radius 2 is 1.88 bits per heavy atom. The zero-order valence-corrected chi connectivity index (χ0v) is 10.7. The molecule has 96 valence electrons. The van der Waals surface area contributed by atoms with Crippen LogP contribution in [0.15, 0.2) is 24.3 Å². The fraction of sp³-hybridized carbons (Fsp3) is 0.571. The molecule has 0 saturated heterocycles. The minimum absolute atomic E-state index is 0.217. The summed E-state index contributed by atoms with van der Waals surface area (Å²) in [5.74, 6) is 0. The monoisotopic (exact) mass is 236 g/mol. The Hall–Kier alpha value is -0.900. The lowest BCUT2D eigenvalue weighted by Crippen LogP contribution is -2.28. The molecule has 0 atom stereocenters. The largest absolute Gasteiger partial charge is 0.395 e. The van der Waals surface area contributed by atoms with Gasteiger partial charge in [-0.1, -0.05) is 37.6 Å². The number of rotatable bonds is 8. The molecule has 1 aromatic carbocycles. The molecule has 0 aliphatic heterocycles. The number of aliphatic hydroxyl groups is 1. The van der Waals surface area contributed by atoms with Gasteiger partial charge in [-0.05, 0) is 24.1 Å². The van der Waals surface area contributed by atoms with E-state index in [0.717, 1.165) is 19.6 Å². The number of benzene rings is 1. The minimum atomic E-state index is 0.217. The second kappa shape index (κ2) is 8.23. The molecule has 0 bridgehead atoms. The lowest BCUT2D eigenvalue weighted by molar-refractivity contribution is 0.188. The Morgan fingerprint density at radius 1 is 1.18 bits per heavy atom. The maximum absolute atomic E-state index is 9.07. The van der Waals surface area contributed by atoms with Gasteiger partial charge in [0.2, 0.25) is 0 Å². The third-order valence-electron chi connectivity index (χ3n) is 2.98. The van der Waals surface area contributed by atoms with Gasteiger partial charge in [0.1, 0.15) is 0 Å². The van der Waals surface area contributed by atoms with Crippen molar-refractivity contribution in [1.82, 2.24) is 4.90 Å². The van der Waals surface area contributed by atoms with E-state index in [1.165, 1.54) is 24.0 Å². The van der Waals surface area contributed by atoms with E-state index in [9.17, 15) is 0 Å². The summed E-state index contributed by atoms with van der Waals surface area (Å²) >= 11 is 0. The van der Waals surface area contributed by atoms with Crippen molar-refractivity contribution in [2.24, 2.45) is 5.73 Å². The smallest absolute Gasteiger partial charge is 0.0558 e. The molecule has 0 aliphatic rings. The van der Waals surface area contributed by atoms with Crippen molar-refractivity contribution < 1.29 is 5.11 Å². The highest BCUT2D eigenvalue weighted by molar-refractivity contribution is 5.26.